The topological polar surface area (TPSA) is 38.8 Å². The van der Waals surface area contributed by atoms with Crippen molar-refractivity contribution in [2.45, 2.75) is 27.3 Å². The first-order chi connectivity index (χ1) is 12.0. The number of ether oxygens (including phenoxy) is 2. The highest BCUT2D eigenvalue weighted by Gasteiger charge is 2.21. The molecule has 0 saturated carbocycles. The van der Waals surface area contributed by atoms with Gasteiger partial charge in [-0.15, -0.1) is 0 Å². The van der Waals surface area contributed by atoms with E-state index in [4.69, 9.17) is 9.47 Å². The first-order valence-corrected chi connectivity index (χ1v) is 8.78. The van der Waals surface area contributed by atoms with Gasteiger partial charge in [-0.05, 0) is 42.2 Å². The van der Waals surface area contributed by atoms with Crippen molar-refractivity contribution in [1.82, 2.24) is 4.90 Å². The van der Waals surface area contributed by atoms with E-state index in [0.717, 1.165) is 0 Å². The molecule has 3 rings (SSSR count). The Balaban J connectivity index is 1.85. The number of benzene rings is 2. The smallest absolute Gasteiger partial charge is 0.254 e. The molecular formula is C21H25NO3. The van der Waals surface area contributed by atoms with Gasteiger partial charge in [-0.25, -0.2) is 0 Å². The summed E-state index contributed by atoms with van der Waals surface area (Å²) in [6, 6.07) is 13.6. The van der Waals surface area contributed by atoms with E-state index in [9.17, 15) is 4.79 Å². The van der Waals surface area contributed by atoms with E-state index in [1.54, 1.807) is 6.07 Å². The summed E-state index contributed by atoms with van der Waals surface area (Å²) in [5.41, 5.74) is 3.01. The zero-order valence-electron chi connectivity index (χ0n) is 15.1. The van der Waals surface area contributed by atoms with Crippen LogP contribution in [0.5, 0.6) is 11.5 Å². The van der Waals surface area contributed by atoms with Crippen molar-refractivity contribution in [3.8, 4) is 11.5 Å². The molecule has 0 spiro atoms. The maximum atomic E-state index is 13.1. The van der Waals surface area contributed by atoms with E-state index in [0.29, 0.717) is 49.3 Å². The van der Waals surface area contributed by atoms with Crippen LogP contribution in [0, 0.1) is 12.8 Å². The Morgan fingerprint density at radius 3 is 2.52 bits per heavy atom. The molecule has 2 aromatic rings. The van der Waals surface area contributed by atoms with Gasteiger partial charge in [0.05, 0.1) is 0 Å². The van der Waals surface area contributed by atoms with Gasteiger partial charge in [-0.3, -0.25) is 4.79 Å². The fourth-order valence-corrected chi connectivity index (χ4v) is 3.01. The molecule has 0 N–H and O–H groups in total. The number of fused-ring (bicyclic) bond motifs is 1. The van der Waals surface area contributed by atoms with Crippen molar-refractivity contribution in [3.05, 3.63) is 59.2 Å². The molecule has 1 amide bonds. The second-order valence-corrected chi connectivity index (χ2v) is 6.86. The molecule has 0 fully saturated rings. The van der Waals surface area contributed by atoms with E-state index in [1.165, 1.54) is 11.1 Å². The molecule has 1 aliphatic rings. The van der Waals surface area contributed by atoms with Gasteiger partial charge in [0.15, 0.2) is 11.5 Å². The summed E-state index contributed by atoms with van der Waals surface area (Å²) in [7, 11) is 0. The highest BCUT2D eigenvalue weighted by atomic mass is 16.6. The lowest BCUT2D eigenvalue weighted by Crippen LogP contribution is -2.34. The summed E-state index contributed by atoms with van der Waals surface area (Å²) in [6.45, 7) is 8.72. The third kappa shape index (κ3) is 4.13. The lowest BCUT2D eigenvalue weighted by Gasteiger charge is -2.26. The van der Waals surface area contributed by atoms with E-state index in [1.807, 2.05) is 29.2 Å². The lowest BCUT2D eigenvalue weighted by molar-refractivity contribution is 0.0721. The highest BCUT2D eigenvalue weighted by molar-refractivity contribution is 5.95. The van der Waals surface area contributed by atoms with Gasteiger partial charge in [0, 0.05) is 18.7 Å². The third-order valence-corrected chi connectivity index (χ3v) is 4.28. The van der Waals surface area contributed by atoms with Gasteiger partial charge < -0.3 is 14.4 Å². The summed E-state index contributed by atoms with van der Waals surface area (Å²) < 4.78 is 11.2. The molecular weight excluding hydrogens is 314 g/mol. The normalized spacial score (nSPS) is 13.0. The van der Waals surface area contributed by atoms with E-state index in [-0.39, 0.29) is 5.91 Å². The lowest BCUT2D eigenvalue weighted by atomic mass is 10.1. The predicted molar refractivity (Wildman–Crippen MR) is 98.2 cm³/mol. The van der Waals surface area contributed by atoms with Crippen molar-refractivity contribution >= 4 is 5.91 Å². The quantitative estimate of drug-likeness (QED) is 0.824. The Morgan fingerprint density at radius 1 is 1.08 bits per heavy atom. The van der Waals surface area contributed by atoms with E-state index >= 15 is 0 Å². The number of carbonyl (C=O) groups excluding carboxylic acids is 1. The van der Waals surface area contributed by atoms with Crippen LogP contribution in [0.1, 0.15) is 35.3 Å². The van der Waals surface area contributed by atoms with Crippen LogP contribution in [0.15, 0.2) is 42.5 Å². The fraction of sp³-hybridized carbons (Fsp3) is 0.381. The number of nitrogens with zero attached hydrogens (tertiary/aromatic N) is 1. The average Bonchev–Trinajstić information content (AvgIpc) is 2.61. The number of aryl methyl sites for hydroxylation is 1. The fourth-order valence-electron chi connectivity index (χ4n) is 3.01. The molecule has 0 unspecified atom stereocenters. The number of amides is 1. The van der Waals surface area contributed by atoms with Crippen molar-refractivity contribution < 1.29 is 14.3 Å². The van der Waals surface area contributed by atoms with Crippen LogP contribution in [-0.2, 0) is 6.54 Å². The molecule has 25 heavy (non-hydrogen) atoms. The van der Waals surface area contributed by atoms with E-state index in [2.05, 4.69) is 32.9 Å². The largest absolute Gasteiger partial charge is 0.486 e. The minimum Gasteiger partial charge on any atom is -0.486 e. The Labute approximate surface area is 149 Å². The molecule has 0 aliphatic carbocycles. The standard InChI is InChI=1S/C21H25NO3/c1-15(2)13-22(14-18-7-5-4-6-16(18)3)21(23)17-8-9-19-20(12-17)25-11-10-24-19/h4-9,12,15H,10-11,13-14H2,1-3H3. The Hall–Kier alpha value is -2.49. The maximum absolute atomic E-state index is 13.1. The number of hydrogen-bond donors (Lipinski definition) is 0. The monoisotopic (exact) mass is 339 g/mol. The molecule has 132 valence electrons. The summed E-state index contributed by atoms with van der Waals surface area (Å²) >= 11 is 0. The minimum atomic E-state index is 0.0222. The van der Waals surface area contributed by atoms with Crippen LogP contribution < -0.4 is 9.47 Å². The van der Waals surface area contributed by atoms with Gasteiger partial charge in [-0.1, -0.05) is 38.1 Å². The molecule has 0 radical (unpaired) electrons. The first kappa shape index (κ1) is 17.3. The van der Waals surface area contributed by atoms with Gasteiger partial charge in [0.2, 0.25) is 0 Å². The third-order valence-electron chi connectivity index (χ3n) is 4.28. The molecule has 0 saturated heterocycles. The second-order valence-electron chi connectivity index (χ2n) is 6.86. The van der Waals surface area contributed by atoms with Crippen LogP contribution in [0.2, 0.25) is 0 Å². The molecule has 1 heterocycles. The van der Waals surface area contributed by atoms with Crippen molar-refractivity contribution in [3.63, 3.8) is 0 Å². The van der Waals surface area contributed by atoms with Crippen LogP contribution in [0.25, 0.3) is 0 Å². The summed E-state index contributed by atoms with van der Waals surface area (Å²) in [6.07, 6.45) is 0. The molecule has 4 nitrogen and oxygen atoms in total. The zero-order chi connectivity index (χ0) is 17.8. The Bertz CT molecular complexity index is 755. The van der Waals surface area contributed by atoms with Crippen LogP contribution in [-0.4, -0.2) is 30.6 Å². The first-order valence-electron chi connectivity index (χ1n) is 8.78. The van der Waals surface area contributed by atoms with Gasteiger partial charge >= 0.3 is 0 Å². The highest BCUT2D eigenvalue weighted by Crippen LogP contribution is 2.31. The summed E-state index contributed by atoms with van der Waals surface area (Å²) in [4.78, 5) is 15.0. The molecule has 2 aromatic carbocycles. The van der Waals surface area contributed by atoms with Gasteiger partial charge in [-0.2, -0.15) is 0 Å². The Kier molecular flexibility index (Phi) is 5.27. The average molecular weight is 339 g/mol. The number of carbonyl (C=O) groups is 1. The van der Waals surface area contributed by atoms with Gasteiger partial charge in [0.1, 0.15) is 13.2 Å². The molecule has 1 aliphatic heterocycles. The van der Waals surface area contributed by atoms with E-state index < -0.39 is 0 Å². The molecule has 0 bridgehead atoms. The molecule has 0 atom stereocenters. The number of rotatable bonds is 5. The minimum absolute atomic E-state index is 0.0222. The van der Waals surface area contributed by atoms with Crippen LogP contribution in [0.3, 0.4) is 0 Å². The van der Waals surface area contributed by atoms with Crippen LogP contribution >= 0.6 is 0 Å². The van der Waals surface area contributed by atoms with Crippen molar-refractivity contribution in [2.24, 2.45) is 5.92 Å². The summed E-state index contributed by atoms with van der Waals surface area (Å²) in [5.74, 6) is 1.77. The van der Waals surface area contributed by atoms with Crippen molar-refractivity contribution in [2.75, 3.05) is 19.8 Å². The maximum Gasteiger partial charge on any atom is 0.254 e. The molecule has 0 aromatic heterocycles. The Morgan fingerprint density at radius 2 is 1.80 bits per heavy atom. The summed E-state index contributed by atoms with van der Waals surface area (Å²) in [5, 5.41) is 0. The van der Waals surface area contributed by atoms with Crippen LogP contribution in [0.4, 0.5) is 0 Å². The molecule has 4 heteroatoms. The number of hydrogen-bond acceptors (Lipinski definition) is 3. The predicted octanol–water partition coefficient (Wildman–Crippen LogP) is 4.06. The second kappa shape index (κ2) is 7.60. The van der Waals surface area contributed by atoms with Gasteiger partial charge in [0.25, 0.3) is 5.91 Å². The van der Waals surface area contributed by atoms with Crippen molar-refractivity contribution in [1.29, 1.82) is 0 Å². The zero-order valence-corrected chi connectivity index (χ0v) is 15.1. The SMILES string of the molecule is Cc1ccccc1CN(CC(C)C)C(=O)c1ccc2c(c1)OCCO2.